The van der Waals surface area contributed by atoms with E-state index >= 15 is 0 Å². The van der Waals surface area contributed by atoms with Gasteiger partial charge in [0.1, 0.15) is 5.82 Å². The Morgan fingerprint density at radius 2 is 1.83 bits per heavy atom. The summed E-state index contributed by atoms with van der Waals surface area (Å²) >= 11 is 13.1. The average molecular weight is 455 g/mol. The molecule has 0 aliphatic carbocycles. The third kappa shape index (κ3) is 5.17. The van der Waals surface area contributed by atoms with Crippen molar-refractivity contribution in [2.24, 2.45) is 0 Å². The SMILES string of the molecule is Nn1c(SCC(=O)NNC(=O)c2ccc(F)cc2)nnc1-c1cc(Cl)ccc1Cl. The number of nitrogen functional groups attached to an aromatic ring is 1. The maximum absolute atomic E-state index is 12.9. The third-order valence-corrected chi connectivity index (χ3v) is 5.10. The summed E-state index contributed by atoms with van der Waals surface area (Å²) < 4.78 is 14.1. The van der Waals surface area contributed by atoms with Crippen LogP contribution in [-0.4, -0.2) is 32.4 Å². The maximum atomic E-state index is 12.9. The van der Waals surface area contributed by atoms with Gasteiger partial charge in [0, 0.05) is 16.1 Å². The Labute approximate surface area is 178 Å². The first-order valence-electron chi connectivity index (χ1n) is 7.98. The standard InChI is InChI=1S/C17H13Cl2FN6O2S/c18-10-3-6-13(19)12(7-10)15-23-25-17(26(15)21)29-8-14(27)22-24-16(28)9-1-4-11(20)5-2-9/h1-7H,8,21H2,(H,22,27)(H,24,28). The molecular weight excluding hydrogens is 442 g/mol. The highest BCUT2D eigenvalue weighted by atomic mass is 35.5. The highest BCUT2D eigenvalue weighted by molar-refractivity contribution is 7.99. The van der Waals surface area contributed by atoms with E-state index in [-0.39, 0.29) is 22.3 Å². The molecule has 0 aliphatic heterocycles. The van der Waals surface area contributed by atoms with Gasteiger partial charge in [-0.05, 0) is 42.5 Å². The maximum Gasteiger partial charge on any atom is 0.269 e. The van der Waals surface area contributed by atoms with E-state index in [9.17, 15) is 14.0 Å². The summed E-state index contributed by atoms with van der Waals surface area (Å²) in [6.45, 7) is 0. The fraction of sp³-hybridized carbons (Fsp3) is 0.0588. The minimum atomic E-state index is -0.580. The number of benzene rings is 2. The number of halogens is 3. The second-order valence-corrected chi connectivity index (χ2v) is 7.38. The van der Waals surface area contributed by atoms with E-state index in [4.69, 9.17) is 29.0 Å². The van der Waals surface area contributed by atoms with Crippen molar-refractivity contribution in [2.45, 2.75) is 5.16 Å². The topological polar surface area (TPSA) is 115 Å². The van der Waals surface area contributed by atoms with Crippen LogP contribution in [0.1, 0.15) is 10.4 Å². The van der Waals surface area contributed by atoms with E-state index in [2.05, 4.69) is 21.0 Å². The molecule has 0 atom stereocenters. The number of nitrogens with zero attached hydrogens (tertiary/aromatic N) is 3. The van der Waals surface area contributed by atoms with E-state index in [0.717, 1.165) is 23.9 Å². The van der Waals surface area contributed by atoms with Gasteiger partial charge in [-0.1, -0.05) is 35.0 Å². The molecule has 150 valence electrons. The first-order chi connectivity index (χ1) is 13.8. The Hall–Kier alpha value is -2.82. The van der Waals surface area contributed by atoms with Crippen LogP contribution in [0.25, 0.3) is 11.4 Å². The molecule has 29 heavy (non-hydrogen) atoms. The van der Waals surface area contributed by atoms with Crippen molar-refractivity contribution in [1.29, 1.82) is 0 Å². The van der Waals surface area contributed by atoms with Crippen LogP contribution in [0.15, 0.2) is 47.6 Å². The molecule has 0 saturated carbocycles. The summed E-state index contributed by atoms with van der Waals surface area (Å²) in [5.74, 6) is 4.62. The number of nitrogens with one attached hydrogen (secondary N) is 2. The molecule has 0 saturated heterocycles. The summed E-state index contributed by atoms with van der Waals surface area (Å²) in [6, 6.07) is 9.72. The van der Waals surface area contributed by atoms with Crippen LogP contribution in [0.2, 0.25) is 10.0 Å². The number of amides is 2. The monoisotopic (exact) mass is 454 g/mol. The quantitative estimate of drug-likeness (QED) is 0.310. The van der Waals surface area contributed by atoms with Gasteiger partial charge >= 0.3 is 0 Å². The molecule has 0 fully saturated rings. The minimum absolute atomic E-state index is 0.0949. The number of rotatable bonds is 5. The molecule has 0 spiro atoms. The summed E-state index contributed by atoms with van der Waals surface area (Å²) in [4.78, 5) is 23.8. The lowest BCUT2D eigenvalue weighted by atomic mass is 10.2. The predicted molar refractivity (Wildman–Crippen MR) is 108 cm³/mol. The van der Waals surface area contributed by atoms with Crippen molar-refractivity contribution >= 4 is 46.8 Å². The molecule has 3 aromatic rings. The molecule has 4 N–H and O–H groups in total. The van der Waals surface area contributed by atoms with Gasteiger partial charge in [0.2, 0.25) is 11.1 Å². The summed E-state index contributed by atoms with van der Waals surface area (Å²) in [5.41, 5.74) is 5.18. The third-order valence-electron chi connectivity index (χ3n) is 3.59. The molecule has 1 aromatic heterocycles. The lowest BCUT2D eigenvalue weighted by molar-refractivity contribution is -0.119. The molecule has 0 aliphatic rings. The van der Waals surface area contributed by atoms with Crippen molar-refractivity contribution in [2.75, 3.05) is 11.6 Å². The number of hydrazine groups is 1. The van der Waals surface area contributed by atoms with E-state index in [1.54, 1.807) is 18.2 Å². The van der Waals surface area contributed by atoms with Crippen molar-refractivity contribution in [3.8, 4) is 11.4 Å². The van der Waals surface area contributed by atoms with Gasteiger partial charge in [0.05, 0.1) is 10.8 Å². The van der Waals surface area contributed by atoms with Gasteiger partial charge in [-0.2, -0.15) is 0 Å². The molecule has 0 unspecified atom stereocenters. The number of carbonyl (C=O) groups is 2. The largest absolute Gasteiger partial charge is 0.335 e. The number of hydrogen-bond acceptors (Lipinski definition) is 6. The highest BCUT2D eigenvalue weighted by Gasteiger charge is 2.16. The van der Waals surface area contributed by atoms with Crippen molar-refractivity contribution in [3.05, 3.63) is 63.9 Å². The fourth-order valence-electron chi connectivity index (χ4n) is 2.19. The lowest BCUT2D eigenvalue weighted by Gasteiger charge is -2.08. The molecule has 0 bridgehead atoms. The normalized spacial score (nSPS) is 10.6. The number of nitrogens with two attached hydrogens (primary N) is 1. The highest BCUT2D eigenvalue weighted by Crippen LogP contribution is 2.30. The van der Waals surface area contributed by atoms with Crippen LogP contribution in [-0.2, 0) is 4.79 Å². The summed E-state index contributed by atoms with van der Waals surface area (Å²) in [7, 11) is 0. The Bertz CT molecular complexity index is 1060. The summed E-state index contributed by atoms with van der Waals surface area (Å²) in [6.07, 6.45) is 0. The molecule has 2 amide bonds. The first kappa shape index (κ1) is 20.9. The van der Waals surface area contributed by atoms with Crippen LogP contribution in [0, 0.1) is 5.82 Å². The molecular formula is C17H13Cl2FN6O2S. The molecule has 0 radical (unpaired) electrons. The zero-order chi connectivity index (χ0) is 21.0. The lowest BCUT2D eigenvalue weighted by Crippen LogP contribution is -2.42. The van der Waals surface area contributed by atoms with Crippen LogP contribution >= 0.6 is 35.0 Å². The number of carbonyl (C=O) groups excluding carboxylic acids is 2. The second kappa shape index (κ2) is 9.12. The smallest absolute Gasteiger partial charge is 0.269 e. The number of hydrogen-bond donors (Lipinski definition) is 3. The molecule has 12 heteroatoms. The summed E-state index contributed by atoms with van der Waals surface area (Å²) in [5, 5.41) is 9.02. The minimum Gasteiger partial charge on any atom is -0.335 e. The van der Waals surface area contributed by atoms with Crippen molar-refractivity contribution in [1.82, 2.24) is 25.7 Å². The van der Waals surface area contributed by atoms with Crippen molar-refractivity contribution in [3.63, 3.8) is 0 Å². The first-order valence-corrected chi connectivity index (χ1v) is 9.73. The van der Waals surface area contributed by atoms with Gasteiger partial charge in [-0.15, -0.1) is 10.2 Å². The average Bonchev–Trinajstić information content (AvgIpc) is 3.07. The molecule has 1 heterocycles. The van der Waals surface area contributed by atoms with Gasteiger partial charge < -0.3 is 5.84 Å². The molecule has 3 rings (SSSR count). The Morgan fingerprint density at radius 3 is 2.55 bits per heavy atom. The Kier molecular flexibility index (Phi) is 6.57. The van der Waals surface area contributed by atoms with Gasteiger partial charge in [0.15, 0.2) is 5.82 Å². The second-order valence-electron chi connectivity index (χ2n) is 5.60. The van der Waals surface area contributed by atoms with Crippen LogP contribution in [0.3, 0.4) is 0 Å². The van der Waals surface area contributed by atoms with Crippen LogP contribution in [0.4, 0.5) is 4.39 Å². The zero-order valence-electron chi connectivity index (χ0n) is 14.5. The van der Waals surface area contributed by atoms with Crippen LogP contribution in [0.5, 0.6) is 0 Å². The van der Waals surface area contributed by atoms with Gasteiger partial charge in [-0.25, -0.2) is 9.07 Å². The Balaban J connectivity index is 1.57. The van der Waals surface area contributed by atoms with E-state index in [1.165, 1.54) is 16.8 Å². The zero-order valence-corrected chi connectivity index (χ0v) is 16.9. The number of aromatic nitrogens is 3. The van der Waals surface area contributed by atoms with E-state index < -0.39 is 17.6 Å². The van der Waals surface area contributed by atoms with Gasteiger partial charge in [-0.3, -0.25) is 20.4 Å². The Morgan fingerprint density at radius 1 is 1.10 bits per heavy atom. The molecule has 2 aromatic carbocycles. The van der Waals surface area contributed by atoms with Gasteiger partial charge in [0.25, 0.3) is 5.91 Å². The van der Waals surface area contributed by atoms with Crippen LogP contribution < -0.4 is 16.7 Å². The van der Waals surface area contributed by atoms with E-state index in [0.29, 0.717) is 15.6 Å². The predicted octanol–water partition coefficient (Wildman–Crippen LogP) is 2.66. The fourth-order valence-corrected chi connectivity index (χ4v) is 3.22. The van der Waals surface area contributed by atoms with E-state index in [1.807, 2.05) is 0 Å². The number of thioether (sulfide) groups is 1. The molecule has 8 nitrogen and oxygen atoms in total. The van der Waals surface area contributed by atoms with Crippen molar-refractivity contribution < 1.29 is 14.0 Å².